The molecule has 58 valence electrons. The Bertz CT molecular complexity index is 147. The molecule has 10 heavy (non-hydrogen) atoms. The lowest BCUT2D eigenvalue weighted by Crippen LogP contribution is -2.05. The summed E-state index contributed by atoms with van der Waals surface area (Å²) in [5.74, 6) is 6.10. The minimum absolute atomic E-state index is 0.321. The number of hydrogen-bond acceptors (Lipinski definition) is 2. The van der Waals surface area contributed by atoms with Crippen molar-refractivity contribution in [3.63, 3.8) is 0 Å². The van der Waals surface area contributed by atoms with Crippen LogP contribution in [0.2, 0.25) is 0 Å². The number of allylic oxidation sites excluding steroid dienone is 3. The zero-order valence-electron chi connectivity index (χ0n) is 6.85. The van der Waals surface area contributed by atoms with Crippen LogP contribution in [-0.2, 0) is 4.84 Å². The van der Waals surface area contributed by atoms with Crippen LogP contribution in [0.4, 0.5) is 0 Å². The molecule has 0 unspecified atom stereocenters. The lowest BCUT2D eigenvalue weighted by molar-refractivity contribution is 0.191. The molecule has 0 saturated carbocycles. The summed E-state index contributed by atoms with van der Waals surface area (Å²) in [6.07, 6.45) is 1.84. The standard InChI is InChI=1S/C8H15NO/c1-6(2)5-8(10-9)7(3)4/h5,7H,1,9H2,2-4H3/b8-5-. The van der Waals surface area contributed by atoms with Crippen LogP contribution in [0, 0.1) is 5.92 Å². The Morgan fingerprint density at radius 3 is 2.20 bits per heavy atom. The van der Waals surface area contributed by atoms with E-state index >= 15 is 0 Å². The van der Waals surface area contributed by atoms with E-state index in [4.69, 9.17) is 5.90 Å². The molecule has 0 saturated heterocycles. The highest BCUT2D eigenvalue weighted by molar-refractivity contribution is 5.15. The van der Waals surface area contributed by atoms with Crippen LogP contribution in [-0.4, -0.2) is 0 Å². The molecule has 0 aromatic carbocycles. The highest BCUT2D eigenvalue weighted by Gasteiger charge is 2.01. The summed E-state index contributed by atoms with van der Waals surface area (Å²) >= 11 is 0. The van der Waals surface area contributed by atoms with Gasteiger partial charge in [-0.1, -0.05) is 26.0 Å². The summed E-state index contributed by atoms with van der Waals surface area (Å²) in [4.78, 5) is 4.62. The Morgan fingerprint density at radius 2 is 2.10 bits per heavy atom. The van der Waals surface area contributed by atoms with Gasteiger partial charge in [-0.15, -0.1) is 0 Å². The van der Waals surface area contributed by atoms with Gasteiger partial charge in [0.05, 0.1) is 0 Å². The highest BCUT2D eigenvalue weighted by Crippen LogP contribution is 2.10. The van der Waals surface area contributed by atoms with E-state index in [0.29, 0.717) is 5.92 Å². The average Bonchev–Trinajstić information content (AvgIpc) is 1.81. The van der Waals surface area contributed by atoms with Gasteiger partial charge in [0.25, 0.3) is 0 Å². The van der Waals surface area contributed by atoms with Crippen molar-refractivity contribution in [2.45, 2.75) is 20.8 Å². The summed E-state index contributed by atoms with van der Waals surface area (Å²) in [5.41, 5.74) is 0.953. The van der Waals surface area contributed by atoms with Crippen LogP contribution in [0.15, 0.2) is 24.0 Å². The topological polar surface area (TPSA) is 35.2 Å². The van der Waals surface area contributed by atoms with Crippen molar-refractivity contribution < 1.29 is 4.84 Å². The van der Waals surface area contributed by atoms with Gasteiger partial charge in [-0.05, 0) is 13.0 Å². The van der Waals surface area contributed by atoms with Crippen molar-refractivity contribution in [3.05, 3.63) is 24.0 Å². The summed E-state index contributed by atoms with van der Waals surface area (Å²) in [7, 11) is 0. The van der Waals surface area contributed by atoms with Gasteiger partial charge >= 0.3 is 0 Å². The maximum atomic E-state index is 5.01. The fraction of sp³-hybridized carbons (Fsp3) is 0.500. The van der Waals surface area contributed by atoms with Crippen LogP contribution < -0.4 is 5.90 Å². The van der Waals surface area contributed by atoms with Gasteiger partial charge in [0.15, 0.2) is 0 Å². The van der Waals surface area contributed by atoms with Crippen LogP contribution >= 0.6 is 0 Å². The minimum Gasteiger partial charge on any atom is -0.416 e. The van der Waals surface area contributed by atoms with Crippen LogP contribution in [0.3, 0.4) is 0 Å². The Morgan fingerprint density at radius 1 is 1.60 bits per heavy atom. The monoisotopic (exact) mass is 141 g/mol. The Kier molecular flexibility index (Phi) is 3.81. The van der Waals surface area contributed by atoms with Crippen molar-refractivity contribution in [2.75, 3.05) is 0 Å². The molecule has 0 aliphatic carbocycles. The van der Waals surface area contributed by atoms with E-state index in [-0.39, 0.29) is 0 Å². The summed E-state index contributed by atoms with van der Waals surface area (Å²) in [6.45, 7) is 9.65. The first kappa shape index (κ1) is 9.24. The van der Waals surface area contributed by atoms with Crippen molar-refractivity contribution in [1.29, 1.82) is 0 Å². The van der Waals surface area contributed by atoms with Gasteiger partial charge in [-0.3, -0.25) is 0 Å². The third kappa shape index (κ3) is 3.30. The van der Waals surface area contributed by atoms with E-state index in [1.807, 2.05) is 26.8 Å². The van der Waals surface area contributed by atoms with Crippen LogP contribution in [0.5, 0.6) is 0 Å². The molecule has 0 aromatic heterocycles. The second-order valence-electron chi connectivity index (χ2n) is 2.67. The summed E-state index contributed by atoms with van der Waals surface area (Å²) in [6, 6.07) is 0. The van der Waals surface area contributed by atoms with Crippen molar-refractivity contribution in [1.82, 2.24) is 0 Å². The maximum absolute atomic E-state index is 5.01. The molecule has 0 amide bonds. The predicted octanol–water partition coefficient (Wildman–Crippen LogP) is 1.99. The third-order valence-corrected chi connectivity index (χ3v) is 1.09. The first-order valence-electron chi connectivity index (χ1n) is 3.31. The second-order valence-corrected chi connectivity index (χ2v) is 2.67. The van der Waals surface area contributed by atoms with E-state index in [2.05, 4.69) is 11.4 Å². The molecule has 0 aliphatic heterocycles. The van der Waals surface area contributed by atoms with Crippen molar-refractivity contribution in [2.24, 2.45) is 11.8 Å². The van der Waals surface area contributed by atoms with E-state index in [9.17, 15) is 0 Å². The van der Waals surface area contributed by atoms with E-state index in [1.54, 1.807) is 0 Å². The normalized spacial score (nSPS) is 11.9. The van der Waals surface area contributed by atoms with E-state index in [0.717, 1.165) is 11.3 Å². The Labute approximate surface area is 62.3 Å². The molecular formula is C8H15NO. The lowest BCUT2D eigenvalue weighted by atomic mass is 10.1. The van der Waals surface area contributed by atoms with E-state index in [1.165, 1.54) is 0 Å². The first-order valence-corrected chi connectivity index (χ1v) is 3.31. The van der Waals surface area contributed by atoms with Crippen LogP contribution in [0.25, 0.3) is 0 Å². The van der Waals surface area contributed by atoms with Gasteiger partial charge < -0.3 is 4.84 Å². The predicted molar refractivity (Wildman–Crippen MR) is 43.0 cm³/mol. The van der Waals surface area contributed by atoms with E-state index < -0.39 is 0 Å². The fourth-order valence-electron chi connectivity index (χ4n) is 0.580. The molecule has 0 aromatic rings. The molecule has 0 spiro atoms. The lowest BCUT2D eigenvalue weighted by Gasteiger charge is -2.07. The quantitative estimate of drug-likeness (QED) is 0.370. The smallest absolute Gasteiger partial charge is 0.126 e. The number of hydrogen-bond donors (Lipinski definition) is 1. The van der Waals surface area contributed by atoms with Gasteiger partial charge in [0.1, 0.15) is 5.76 Å². The molecule has 2 N–H and O–H groups in total. The summed E-state index contributed by atoms with van der Waals surface area (Å²) in [5, 5.41) is 0. The van der Waals surface area contributed by atoms with Gasteiger partial charge in [0, 0.05) is 5.92 Å². The van der Waals surface area contributed by atoms with Gasteiger partial charge in [-0.2, -0.15) is 5.90 Å². The molecule has 0 radical (unpaired) electrons. The zero-order chi connectivity index (χ0) is 8.15. The average molecular weight is 141 g/mol. The van der Waals surface area contributed by atoms with Crippen molar-refractivity contribution in [3.8, 4) is 0 Å². The Balaban J connectivity index is 4.18. The first-order chi connectivity index (χ1) is 4.57. The number of rotatable bonds is 3. The molecule has 0 bridgehead atoms. The zero-order valence-corrected chi connectivity index (χ0v) is 6.85. The molecule has 2 nitrogen and oxygen atoms in total. The third-order valence-electron chi connectivity index (χ3n) is 1.09. The Hall–Kier alpha value is -0.760. The molecule has 2 heteroatoms. The number of nitrogens with two attached hydrogens (primary N) is 1. The molecule has 0 rings (SSSR count). The molecule has 0 heterocycles. The molecule has 0 fully saturated rings. The molecule has 0 aliphatic rings. The van der Waals surface area contributed by atoms with Gasteiger partial charge in [0.2, 0.25) is 0 Å². The minimum atomic E-state index is 0.321. The summed E-state index contributed by atoms with van der Waals surface area (Å²) < 4.78 is 0. The maximum Gasteiger partial charge on any atom is 0.126 e. The highest BCUT2D eigenvalue weighted by atomic mass is 16.6. The fourth-order valence-corrected chi connectivity index (χ4v) is 0.580. The largest absolute Gasteiger partial charge is 0.416 e. The van der Waals surface area contributed by atoms with Gasteiger partial charge in [-0.25, -0.2) is 0 Å². The molecular weight excluding hydrogens is 126 g/mol. The van der Waals surface area contributed by atoms with Crippen molar-refractivity contribution >= 4 is 0 Å². The molecule has 0 atom stereocenters. The second kappa shape index (κ2) is 4.12. The van der Waals surface area contributed by atoms with Crippen LogP contribution in [0.1, 0.15) is 20.8 Å². The SMILES string of the molecule is C=C(C)/C=C(\ON)C(C)C.